The molecule has 172 valence electrons. The average molecular weight is 447 g/mol. The fourth-order valence-electron chi connectivity index (χ4n) is 4.28. The second-order valence-corrected chi connectivity index (χ2v) is 8.91. The number of nitrogens with two attached hydrogens (primary N) is 2. The number of hydrogen-bond acceptors (Lipinski definition) is 7. The van der Waals surface area contributed by atoms with E-state index in [0.717, 1.165) is 28.8 Å². The SMILES string of the molecule is CC(=O)c1cccc2c1OB1C=C(c3ccc(CN(C)C)c(NC(=O)C(N)CN)c3)NC1C2. The predicted octanol–water partition coefficient (Wildman–Crippen LogP) is 1.19. The quantitative estimate of drug-likeness (QED) is 0.372. The van der Waals surface area contributed by atoms with Crippen molar-refractivity contribution in [3.8, 4) is 5.75 Å². The van der Waals surface area contributed by atoms with Crippen LogP contribution in [0.1, 0.15) is 34.0 Å². The number of amides is 1. The highest BCUT2D eigenvalue weighted by molar-refractivity contribution is 6.63. The van der Waals surface area contributed by atoms with E-state index in [2.05, 4.69) is 10.6 Å². The molecule has 0 aromatic heterocycles. The van der Waals surface area contributed by atoms with Gasteiger partial charge < -0.3 is 31.7 Å². The van der Waals surface area contributed by atoms with Gasteiger partial charge in [0.25, 0.3) is 0 Å². The van der Waals surface area contributed by atoms with E-state index in [0.29, 0.717) is 23.5 Å². The van der Waals surface area contributed by atoms with Gasteiger partial charge >= 0.3 is 6.92 Å². The first-order valence-electron chi connectivity index (χ1n) is 11.1. The minimum atomic E-state index is -0.769. The zero-order valence-corrected chi connectivity index (χ0v) is 19.2. The molecule has 2 unspecified atom stereocenters. The van der Waals surface area contributed by atoms with Crippen LogP contribution in [0.4, 0.5) is 5.69 Å². The molecule has 9 heteroatoms. The van der Waals surface area contributed by atoms with Crippen LogP contribution >= 0.6 is 0 Å². The van der Waals surface area contributed by atoms with Gasteiger partial charge in [-0.25, -0.2) is 0 Å². The Kier molecular flexibility index (Phi) is 6.55. The highest BCUT2D eigenvalue weighted by Gasteiger charge is 2.40. The monoisotopic (exact) mass is 447 g/mol. The Hall–Kier alpha value is -3.14. The van der Waals surface area contributed by atoms with E-state index in [1.807, 2.05) is 55.3 Å². The molecule has 1 amide bonds. The number of carbonyl (C=O) groups excluding carboxylic acids is 2. The van der Waals surface area contributed by atoms with Crippen molar-refractivity contribution >= 4 is 30.0 Å². The maximum absolute atomic E-state index is 12.4. The van der Waals surface area contributed by atoms with Crippen LogP contribution in [0.15, 0.2) is 42.4 Å². The van der Waals surface area contributed by atoms with Crippen molar-refractivity contribution in [3.63, 3.8) is 0 Å². The molecule has 33 heavy (non-hydrogen) atoms. The molecule has 0 fully saturated rings. The van der Waals surface area contributed by atoms with E-state index in [1.54, 1.807) is 13.0 Å². The van der Waals surface area contributed by atoms with E-state index in [9.17, 15) is 9.59 Å². The number of nitrogens with one attached hydrogen (secondary N) is 2. The predicted molar refractivity (Wildman–Crippen MR) is 131 cm³/mol. The molecule has 2 heterocycles. The normalized spacial score (nSPS) is 17.5. The molecule has 0 aliphatic carbocycles. The number of fused-ring (bicyclic) bond motifs is 2. The molecule has 0 bridgehead atoms. The molecule has 6 N–H and O–H groups in total. The van der Waals surface area contributed by atoms with Crippen molar-refractivity contribution in [2.45, 2.75) is 31.9 Å². The van der Waals surface area contributed by atoms with E-state index in [-0.39, 0.29) is 31.1 Å². The zero-order chi connectivity index (χ0) is 23.7. The second-order valence-electron chi connectivity index (χ2n) is 8.91. The van der Waals surface area contributed by atoms with Gasteiger partial charge in [0.15, 0.2) is 5.78 Å². The lowest BCUT2D eigenvalue weighted by Gasteiger charge is -2.28. The average Bonchev–Trinajstić information content (AvgIpc) is 3.20. The first-order valence-corrected chi connectivity index (χ1v) is 11.1. The lowest BCUT2D eigenvalue weighted by atomic mass is 9.58. The highest BCUT2D eigenvalue weighted by Crippen LogP contribution is 2.35. The van der Waals surface area contributed by atoms with Gasteiger partial charge in [0.2, 0.25) is 5.91 Å². The topological polar surface area (TPSA) is 123 Å². The molecule has 2 atom stereocenters. The minimum absolute atomic E-state index is 0.00647. The summed E-state index contributed by atoms with van der Waals surface area (Å²) in [6, 6.07) is 10.9. The molecule has 2 aliphatic heterocycles. The summed E-state index contributed by atoms with van der Waals surface area (Å²) in [6.45, 7) is 2.11. The van der Waals surface area contributed by atoms with Gasteiger partial charge in [-0.3, -0.25) is 9.59 Å². The lowest BCUT2D eigenvalue weighted by molar-refractivity contribution is -0.117. The number of ketones is 1. The fraction of sp³-hybridized carbons (Fsp3) is 0.333. The summed E-state index contributed by atoms with van der Waals surface area (Å²) in [7, 11) is 3.95. The standard InChI is InChI=1S/C24H30BN5O3/c1-14(31)18-6-4-5-16-10-22-25(33-23(16)18)11-21(28-22)15-7-8-17(13-30(2)3)20(9-15)29-24(32)19(27)12-26/h4-9,11,19,22,28H,10,12-13,26-27H2,1-3H3,(H,29,32). The molecular weight excluding hydrogens is 417 g/mol. The molecular formula is C24H30BN5O3. The Labute approximate surface area is 194 Å². The largest absolute Gasteiger partial charge is 0.554 e. The Bertz CT molecular complexity index is 1120. The summed E-state index contributed by atoms with van der Waals surface area (Å²) >= 11 is 0. The summed E-state index contributed by atoms with van der Waals surface area (Å²) < 4.78 is 6.25. The summed E-state index contributed by atoms with van der Waals surface area (Å²) in [5, 5.41) is 6.49. The molecule has 0 saturated carbocycles. The van der Waals surface area contributed by atoms with Gasteiger partial charge in [0.05, 0.1) is 17.5 Å². The first-order chi connectivity index (χ1) is 15.8. The third kappa shape index (κ3) is 4.80. The van der Waals surface area contributed by atoms with Crippen LogP contribution in [0.25, 0.3) is 5.70 Å². The van der Waals surface area contributed by atoms with Crippen molar-refractivity contribution in [2.24, 2.45) is 11.5 Å². The molecule has 0 spiro atoms. The van der Waals surface area contributed by atoms with Crippen molar-refractivity contribution in [1.29, 1.82) is 0 Å². The molecule has 2 aliphatic rings. The van der Waals surface area contributed by atoms with Gasteiger partial charge in [-0.1, -0.05) is 24.3 Å². The van der Waals surface area contributed by atoms with Crippen LogP contribution in [0.3, 0.4) is 0 Å². The fourth-order valence-corrected chi connectivity index (χ4v) is 4.28. The summed E-state index contributed by atoms with van der Waals surface area (Å²) in [5.74, 6) is 2.47. The van der Waals surface area contributed by atoms with Crippen molar-refractivity contribution < 1.29 is 14.2 Å². The third-order valence-electron chi connectivity index (χ3n) is 5.99. The smallest absolute Gasteiger partial charge is 0.409 e. The Morgan fingerprint density at radius 2 is 2.09 bits per heavy atom. The van der Waals surface area contributed by atoms with E-state index < -0.39 is 6.04 Å². The van der Waals surface area contributed by atoms with Gasteiger partial charge in [-0.2, -0.15) is 0 Å². The molecule has 0 saturated heterocycles. The van der Waals surface area contributed by atoms with Gasteiger partial charge in [-0.15, -0.1) is 0 Å². The number of nitrogens with zero attached hydrogens (tertiary/aromatic N) is 1. The van der Waals surface area contributed by atoms with E-state index in [4.69, 9.17) is 16.1 Å². The molecule has 8 nitrogen and oxygen atoms in total. The Balaban J connectivity index is 1.61. The van der Waals surface area contributed by atoms with E-state index >= 15 is 0 Å². The summed E-state index contributed by atoms with van der Waals surface area (Å²) in [5.41, 5.74) is 16.6. The first kappa shape index (κ1) is 23.0. The van der Waals surface area contributed by atoms with Crippen LogP contribution in [0.2, 0.25) is 0 Å². The van der Waals surface area contributed by atoms with Crippen LogP contribution < -0.4 is 26.8 Å². The number of carbonyl (C=O) groups is 2. The van der Waals surface area contributed by atoms with Crippen molar-refractivity contribution in [3.05, 3.63) is 64.6 Å². The number of anilines is 1. The summed E-state index contributed by atoms with van der Waals surface area (Å²) in [6.07, 6.45) is 0.759. The molecule has 0 radical (unpaired) electrons. The summed E-state index contributed by atoms with van der Waals surface area (Å²) in [4.78, 5) is 26.5. The second kappa shape index (κ2) is 9.39. The van der Waals surface area contributed by atoms with Crippen molar-refractivity contribution in [1.82, 2.24) is 10.2 Å². The number of benzene rings is 2. The number of rotatable bonds is 7. The maximum atomic E-state index is 12.4. The number of hydrogen-bond donors (Lipinski definition) is 4. The molecule has 2 aromatic carbocycles. The van der Waals surface area contributed by atoms with Gasteiger partial charge in [0.1, 0.15) is 5.75 Å². The molecule has 2 aromatic rings. The minimum Gasteiger partial charge on any atom is -0.554 e. The molecule has 4 rings (SSSR count). The van der Waals surface area contributed by atoms with Crippen LogP contribution in [-0.4, -0.2) is 56.1 Å². The Morgan fingerprint density at radius 1 is 1.30 bits per heavy atom. The van der Waals surface area contributed by atoms with E-state index in [1.165, 1.54) is 0 Å². The lowest BCUT2D eigenvalue weighted by Crippen LogP contribution is -2.44. The highest BCUT2D eigenvalue weighted by atomic mass is 16.4. The van der Waals surface area contributed by atoms with Crippen molar-refractivity contribution in [2.75, 3.05) is 26.0 Å². The zero-order valence-electron chi connectivity index (χ0n) is 19.2. The Morgan fingerprint density at radius 3 is 2.79 bits per heavy atom. The number of para-hydroxylation sites is 1. The van der Waals surface area contributed by atoms with Gasteiger partial charge in [-0.05, 0) is 62.2 Å². The number of Topliss-reactive ketones (excluding diaryl/α,β-unsaturated/α-hetero) is 1. The maximum Gasteiger partial charge on any atom is 0.409 e. The van der Waals surface area contributed by atoms with Crippen LogP contribution in [-0.2, 0) is 17.8 Å². The van der Waals surface area contributed by atoms with Crippen LogP contribution in [0.5, 0.6) is 5.75 Å². The van der Waals surface area contributed by atoms with Crippen LogP contribution in [0, 0.1) is 0 Å². The van der Waals surface area contributed by atoms with Gasteiger partial charge in [0, 0.05) is 24.5 Å². The third-order valence-corrected chi connectivity index (χ3v) is 5.99.